The molecule has 0 saturated heterocycles. The minimum absolute atomic E-state index is 0.0131. The van der Waals surface area contributed by atoms with E-state index in [0.717, 1.165) is 11.3 Å². The number of fused-ring (bicyclic) bond motifs is 1. The van der Waals surface area contributed by atoms with Crippen molar-refractivity contribution < 1.29 is 18.7 Å². The minimum Gasteiger partial charge on any atom is -0.491 e. The SMILES string of the molecule is O=C(CCCOc1ccccc1F)Nc1ccc2c(c1)CCC(=O)N2. The molecule has 2 amide bonds. The van der Waals surface area contributed by atoms with E-state index in [1.54, 1.807) is 30.3 Å². The van der Waals surface area contributed by atoms with Gasteiger partial charge in [0.1, 0.15) is 0 Å². The van der Waals surface area contributed by atoms with Crippen molar-refractivity contribution in [3.63, 3.8) is 0 Å². The number of para-hydroxylation sites is 1. The van der Waals surface area contributed by atoms with Crippen molar-refractivity contribution in [1.82, 2.24) is 0 Å². The number of carbonyl (C=O) groups excluding carboxylic acids is 2. The number of halogens is 1. The number of aryl methyl sites for hydroxylation is 1. The Hall–Kier alpha value is -2.89. The zero-order valence-electron chi connectivity index (χ0n) is 13.7. The molecule has 1 aliphatic rings. The summed E-state index contributed by atoms with van der Waals surface area (Å²) in [5, 5.41) is 5.64. The zero-order valence-corrected chi connectivity index (χ0v) is 13.7. The van der Waals surface area contributed by atoms with Crippen molar-refractivity contribution in [1.29, 1.82) is 0 Å². The van der Waals surface area contributed by atoms with Crippen molar-refractivity contribution in [2.45, 2.75) is 25.7 Å². The summed E-state index contributed by atoms with van der Waals surface area (Å²) in [5.74, 6) is -0.330. The van der Waals surface area contributed by atoms with Gasteiger partial charge in [-0.15, -0.1) is 0 Å². The fraction of sp³-hybridized carbons (Fsp3) is 0.263. The fourth-order valence-corrected chi connectivity index (χ4v) is 2.66. The van der Waals surface area contributed by atoms with Gasteiger partial charge in [0.15, 0.2) is 11.6 Å². The molecule has 0 unspecified atom stereocenters. The molecule has 6 heteroatoms. The Morgan fingerprint density at radius 1 is 1.20 bits per heavy atom. The number of hydrogen-bond donors (Lipinski definition) is 2. The molecule has 25 heavy (non-hydrogen) atoms. The molecule has 1 heterocycles. The summed E-state index contributed by atoms with van der Waals surface area (Å²) in [5.41, 5.74) is 2.52. The molecule has 130 valence electrons. The highest BCUT2D eigenvalue weighted by molar-refractivity contribution is 5.95. The Morgan fingerprint density at radius 3 is 2.88 bits per heavy atom. The molecule has 0 aromatic heterocycles. The lowest BCUT2D eigenvalue weighted by atomic mass is 10.0. The van der Waals surface area contributed by atoms with E-state index in [0.29, 0.717) is 24.9 Å². The van der Waals surface area contributed by atoms with Gasteiger partial charge in [-0.3, -0.25) is 9.59 Å². The molecule has 3 rings (SSSR count). The number of hydrogen-bond acceptors (Lipinski definition) is 3. The van der Waals surface area contributed by atoms with E-state index in [2.05, 4.69) is 10.6 Å². The van der Waals surface area contributed by atoms with Crippen LogP contribution in [0.3, 0.4) is 0 Å². The molecule has 2 aromatic rings. The summed E-state index contributed by atoms with van der Waals surface area (Å²) in [7, 11) is 0. The van der Waals surface area contributed by atoms with E-state index in [1.165, 1.54) is 6.07 Å². The fourth-order valence-electron chi connectivity index (χ4n) is 2.66. The summed E-state index contributed by atoms with van der Waals surface area (Å²) >= 11 is 0. The van der Waals surface area contributed by atoms with Crippen molar-refractivity contribution in [2.24, 2.45) is 0 Å². The summed E-state index contributed by atoms with van der Waals surface area (Å²) in [6.45, 7) is 0.268. The first-order valence-electron chi connectivity index (χ1n) is 8.22. The Kier molecular flexibility index (Phi) is 5.28. The molecule has 1 aliphatic heterocycles. The number of ether oxygens (including phenoxy) is 1. The highest BCUT2D eigenvalue weighted by atomic mass is 19.1. The molecule has 0 bridgehead atoms. The molecule has 0 spiro atoms. The molecule has 0 radical (unpaired) electrons. The average molecular weight is 342 g/mol. The van der Waals surface area contributed by atoms with Crippen LogP contribution in [-0.4, -0.2) is 18.4 Å². The largest absolute Gasteiger partial charge is 0.491 e. The van der Waals surface area contributed by atoms with Gasteiger partial charge in [0.05, 0.1) is 6.61 Å². The van der Waals surface area contributed by atoms with E-state index < -0.39 is 5.82 Å². The van der Waals surface area contributed by atoms with Crippen LogP contribution in [0.1, 0.15) is 24.8 Å². The molecule has 0 aliphatic carbocycles. The summed E-state index contributed by atoms with van der Waals surface area (Å²) in [4.78, 5) is 23.3. The van der Waals surface area contributed by atoms with E-state index in [-0.39, 0.29) is 30.6 Å². The standard InChI is InChI=1S/C19H19FN2O3/c20-15-4-1-2-5-17(15)25-11-3-6-18(23)21-14-8-9-16-13(12-14)7-10-19(24)22-16/h1-2,4-5,8-9,12H,3,6-7,10-11H2,(H,21,23)(H,22,24). The van der Waals surface area contributed by atoms with E-state index in [4.69, 9.17) is 4.74 Å². The monoisotopic (exact) mass is 342 g/mol. The lowest BCUT2D eigenvalue weighted by Crippen LogP contribution is -2.19. The lowest BCUT2D eigenvalue weighted by Gasteiger charge is -2.17. The quantitative estimate of drug-likeness (QED) is 0.790. The van der Waals surface area contributed by atoms with Gasteiger partial charge < -0.3 is 15.4 Å². The van der Waals surface area contributed by atoms with E-state index >= 15 is 0 Å². The Bertz CT molecular complexity index is 792. The number of amides is 2. The molecular formula is C19H19FN2O3. The zero-order chi connectivity index (χ0) is 17.6. The second-order valence-electron chi connectivity index (χ2n) is 5.85. The second kappa shape index (κ2) is 7.79. The van der Waals surface area contributed by atoms with Gasteiger partial charge >= 0.3 is 0 Å². The Labute approximate surface area is 145 Å². The maximum absolute atomic E-state index is 13.4. The van der Waals surface area contributed by atoms with Crippen LogP contribution < -0.4 is 15.4 Å². The molecule has 2 N–H and O–H groups in total. The third-order valence-electron chi connectivity index (χ3n) is 3.93. The van der Waals surface area contributed by atoms with E-state index in [1.807, 2.05) is 6.07 Å². The third-order valence-corrected chi connectivity index (χ3v) is 3.93. The summed E-state index contributed by atoms with van der Waals surface area (Å²) in [6.07, 6.45) is 1.89. The van der Waals surface area contributed by atoms with Crippen molar-refractivity contribution in [3.8, 4) is 5.75 Å². The maximum atomic E-state index is 13.4. The van der Waals surface area contributed by atoms with Gasteiger partial charge in [0, 0.05) is 24.2 Å². The maximum Gasteiger partial charge on any atom is 0.224 e. The van der Waals surface area contributed by atoms with Gasteiger partial charge in [-0.25, -0.2) is 4.39 Å². The van der Waals surface area contributed by atoms with Crippen LogP contribution in [0.15, 0.2) is 42.5 Å². The van der Waals surface area contributed by atoms with Crippen molar-refractivity contribution >= 4 is 23.2 Å². The first-order chi connectivity index (χ1) is 12.1. The molecule has 0 saturated carbocycles. The molecule has 2 aromatic carbocycles. The first-order valence-corrected chi connectivity index (χ1v) is 8.22. The molecule has 0 fully saturated rings. The van der Waals surface area contributed by atoms with Crippen LogP contribution in [0.25, 0.3) is 0 Å². The van der Waals surface area contributed by atoms with Gasteiger partial charge in [0.2, 0.25) is 11.8 Å². The Balaban J connectivity index is 1.45. The number of carbonyl (C=O) groups is 2. The molecular weight excluding hydrogens is 323 g/mol. The topological polar surface area (TPSA) is 67.4 Å². The van der Waals surface area contributed by atoms with Crippen molar-refractivity contribution in [3.05, 3.63) is 53.8 Å². The number of nitrogens with one attached hydrogen (secondary N) is 2. The van der Waals surface area contributed by atoms with Crippen LogP contribution in [0.4, 0.5) is 15.8 Å². The minimum atomic E-state index is -0.409. The highest BCUT2D eigenvalue weighted by Gasteiger charge is 2.15. The molecule has 5 nitrogen and oxygen atoms in total. The predicted molar refractivity (Wildman–Crippen MR) is 93.2 cm³/mol. The van der Waals surface area contributed by atoms with Gasteiger partial charge in [0.25, 0.3) is 0 Å². The second-order valence-corrected chi connectivity index (χ2v) is 5.85. The van der Waals surface area contributed by atoms with Gasteiger partial charge in [-0.05, 0) is 48.7 Å². The average Bonchev–Trinajstić information content (AvgIpc) is 2.60. The van der Waals surface area contributed by atoms with Crippen LogP contribution in [0.5, 0.6) is 5.75 Å². The van der Waals surface area contributed by atoms with Crippen LogP contribution in [0.2, 0.25) is 0 Å². The summed E-state index contributed by atoms with van der Waals surface area (Å²) in [6, 6.07) is 11.6. The van der Waals surface area contributed by atoms with Gasteiger partial charge in [-0.2, -0.15) is 0 Å². The molecule has 0 atom stereocenters. The van der Waals surface area contributed by atoms with E-state index in [9.17, 15) is 14.0 Å². The summed E-state index contributed by atoms with van der Waals surface area (Å²) < 4.78 is 18.7. The smallest absolute Gasteiger partial charge is 0.224 e. The van der Waals surface area contributed by atoms with Crippen LogP contribution >= 0.6 is 0 Å². The van der Waals surface area contributed by atoms with Gasteiger partial charge in [-0.1, -0.05) is 12.1 Å². The highest BCUT2D eigenvalue weighted by Crippen LogP contribution is 2.25. The number of benzene rings is 2. The number of rotatable bonds is 6. The Morgan fingerprint density at radius 2 is 2.04 bits per heavy atom. The normalized spacial score (nSPS) is 12.9. The number of anilines is 2. The predicted octanol–water partition coefficient (Wildman–Crippen LogP) is 3.51. The first kappa shape index (κ1) is 17.0. The van der Waals surface area contributed by atoms with Crippen LogP contribution in [-0.2, 0) is 16.0 Å². The lowest BCUT2D eigenvalue weighted by molar-refractivity contribution is -0.117. The van der Waals surface area contributed by atoms with Crippen molar-refractivity contribution in [2.75, 3.05) is 17.2 Å². The third kappa shape index (κ3) is 4.56. The van der Waals surface area contributed by atoms with Crippen LogP contribution in [0, 0.1) is 5.82 Å².